The Labute approximate surface area is 128 Å². The van der Waals surface area contributed by atoms with E-state index in [0.717, 1.165) is 23.4 Å². The zero-order valence-corrected chi connectivity index (χ0v) is 12.6. The van der Waals surface area contributed by atoms with Gasteiger partial charge in [0.1, 0.15) is 0 Å². The lowest BCUT2D eigenvalue weighted by Crippen LogP contribution is -2.34. The standard InChI is InChI=1S/C14H18N4O2S/c1-3-12(2)17-14(10-18(19)20)16-8-9-21-11-13-6-4-5-7-15-13/h1,4-7,10,12,16-17H,8-9,11H2,2H3. The molecule has 0 aliphatic heterocycles. The SMILES string of the molecule is C#CC(C)NC(=C[N+](=O)[O-])NCCSCc1ccccn1. The fourth-order valence-corrected chi connectivity index (χ4v) is 2.20. The van der Waals surface area contributed by atoms with Gasteiger partial charge in [-0.3, -0.25) is 15.1 Å². The summed E-state index contributed by atoms with van der Waals surface area (Å²) in [4.78, 5) is 14.2. The molecule has 0 saturated heterocycles. The van der Waals surface area contributed by atoms with Crippen LogP contribution in [-0.4, -0.2) is 28.2 Å². The van der Waals surface area contributed by atoms with E-state index in [9.17, 15) is 10.1 Å². The Balaban J connectivity index is 2.30. The Morgan fingerprint density at radius 1 is 1.67 bits per heavy atom. The van der Waals surface area contributed by atoms with Crippen molar-refractivity contribution >= 4 is 11.8 Å². The lowest BCUT2D eigenvalue weighted by atomic mass is 10.3. The highest BCUT2D eigenvalue weighted by molar-refractivity contribution is 7.98. The fraction of sp³-hybridized carbons (Fsp3) is 0.357. The molecule has 1 heterocycles. The summed E-state index contributed by atoms with van der Waals surface area (Å²) in [7, 11) is 0. The van der Waals surface area contributed by atoms with Crippen molar-refractivity contribution < 1.29 is 4.92 Å². The molecule has 0 saturated carbocycles. The molecule has 2 N–H and O–H groups in total. The number of hydrogen-bond acceptors (Lipinski definition) is 6. The van der Waals surface area contributed by atoms with Crippen molar-refractivity contribution in [1.29, 1.82) is 0 Å². The van der Waals surface area contributed by atoms with Crippen LogP contribution in [0.3, 0.4) is 0 Å². The van der Waals surface area contributed by atoms with Crippen LogP contribution in [0.15, 0.2) is 36.4 Å². The molecule has 1 aromatic heterocycles. The van der Waals surface area contributed by atoms with Gasteiger partial charge in [0.05, 0.1) is 16.7 Å². The predicted molar refractivity (Wildman–Crippen MR) is 84.9 cm³/mol. The Bertz CT molecular complexity index is 513. The van der Waals surface area contributed by atoms with Crippen molar-refractivity contribution in [3.63, 3.8) is 0 Å². The number of nitrogens with one attached hydrogen (secondary N) is 2. The first-order chi connectivity index (χ1) is 10.1. The summed E-state index contributed by atoms with van der Waals surface area (Å²) >= 11 is 1.70. The van der Waals surface area contributed by atoms with Gasteiger partial charge in [-0.1, -0.05) is 12.0 Å². The maximum absolute atomic E-state index is 10.5. The summed E-state index contributed by atoms with van der Waals surface area (Å²) in [6.07, 6.45) is 7.89. The van der Waals surface area contributed by atoms with E-state index in [2.05, 4.69) is 21.5 Å². The summed E-state index contributed by atoms with van der Waals surface area (Å²) in [5.41, 5.74) is 1.02. The largest absolute Gasteiger partial charge is 0.366 e. The van der Waals surface area contributed by atoms with Gasteiger partial charge in [0.25, 0.3) is 6.20 Å². The van der Waals surface area contributed by atoms with Gasteiger partial charge in [-0.15, -0.1) is 6.42 Å². The number of rotatable bonds is 9. The van der Waals surface area contributed by atoms with E-state index >= 15 is 0 Å². The van der Waals surface area contributed by atoms with Gasteiger partial charge in [0.15, 0.2) is 5.82 Å². The molecule has 0 spiro atoms. The molecule has 0 aromatic carbocycles. The number of nitro groups is 1. The summed E-state index contributed by atoms with van der Waals surface area (Å²) in [6, 6.07) is 5.52. The molecule has 0 bridgehead atoms. The van der Waals surface area contributed by atoms with E-state index in [-0.39, 0.29) is 6.04 Å². The van der Waals surface area contributed by atoms with Crippen LogP contribution in [0, 0.1) is 22.5 Å². The average Bonchev–Trinajstić information content (AvgIpc) is 2.47. The summed E-state index contributed by atoms with van der Waals surface area (Å²) in [6.45, 7) is 2.35. The van der Waals surface area contributed by atoms with E-state index in [4.69, 9.17) is 6.42 Å². The van der Waals surface area contributed by atoms with Gasteiger partial charge in [0.2, 0.25) is 0 Å². The zero-order valence-electron chi connectivity index (χ0n) is 11.8. The van der Waals surface area contributed by atoms with Crippen LogP contribution in [0.2, 0.25) is 0 Å². The van der Waals surface area contributed by atoms with Crippen LogP contribution in [0.5, 0.6) is 0 Å². The third-order valence-corrected chi connectivity index (χ3v) is 3.39. The third-order valence-electron chi connectivity index (χ3n) is 2.39. The molecule has 0 aliphatic carbocycles. The Morgan fingerprint density at radius 3 is 3.10 bits per heavy atom. The van der Waals surface area contributed by atoms with Crippen molar-refractivity contribution in [2.24, 2.45) is 0 Å². The molecule has 0 fully saturated rings. The number of pyridine rings is 1. The van der Waals surface area contributed by atoms with E-state index in [1.807, 2.05) is 18.2 Å². The molecule has 0 radical (unpaired) electrons. The predicted octanol–water partition coefficient (Wildman–Crippen LogP) is 1.59. The first kappa shape index (κ1) is 16.9. The number of aromatic nitrogens is 1. The smallest absolute Gasteiger partial charge is 0.274 e. The van der Waals surface area contributed by atoms with Crippen LogP contribution in [0.25, 0.3) is 0 Å². The van der Waals surface area contributed by atoms with Gasteiger partial charge in [0, 0.05) is 24.2 Å². The fourth-order valence-electron chi connectivity index (χ4n) is 1.43. The van der Waals surface area contributed by atoms with Crippen LogP contribution in [0.1, 0.15) is 12.6 Å². The molecular weight excluding hydrogens is 288 g/mol. The molecule has 1 atom stereocenters. The average molecular weight is 306 g/mol. The van der Waals surface area contributed by atoms with E-state index in [0.29, 0.717) is 12.4 Å². The minimum Gasteiger partial charge on any atom is -0.366 e. The Hall–Kier alpha value is -2.20. The van der Waals surface area contributed by atoms with Crippen molar-refractivity contribution in [3.05, 3.63) is 52.2 Å². The Morgan fingerprint density at radius 2 is 2.48 bits per heavy atom. The lowest BCUT2D eigenvalue weighted by molar-refractivity contribution is -0.404. The molecule has 112 valence electrons. The number of thioether (sulfide) groups is 1. The quantitative estimate of drug-likeness (QED) is 0.312. The Kier molecular flexibility index (Phi) is 7.76. The highest BCUT2D eigenvalue weighted by atomic mass is 32.2. The maximum atomic E-state index is 10.5. The van der Waals surface area contributed by atoms with Crippen LogP contribution in [-0.2, 0) is 5.75 Å². The molecule has 0 amide bonds. The van der Waals surface area contributed by atoms with Crippen molar-refractivity contribution in [2.75, 3.05) is 12.3 Å². The number of hydrogen-bond donors (Lipinski definition) is 2. The number of nitrogens with zero attached hydrogens (tertiary/aromatic N) is 2. The minimum absolute atomic E-state index is 0.273. The summed E-state index contributed by atoms with van der Waals surface area (Å²) in [5.74, 6) is 4.40. The first-order valence-electron chi connectivity index (χ1n) is 6.41. The second-order valence-electron chi connectivity index (χ2n) is 4.16. The summed E-state index contributed by atoms with van der Waals surface area (Å²) in [5, 5.41) is 16.4. The maximum Gasteiger partial charge on any atom is 0.274 e. The minimum atomic E-state index is -0.514. The van der Waals surface area contributed by atoms with Gasteiger partial charge < -0.3 is 10.6 Å². The molecule has 0 aliphatic rings. The second kappa shape index (κ2) is 9.66. The summed E-state index contributed by atoms with van der Waals surface area (Å²) < 4.78 is 0. The first-order valence-corrected chi connectivity index (χ1v) is 7.57. The second-order valence-corrected chi connectivity index (χ2v) is 5.27. The van der Waals surface area contributed by atoms with E-state index in [1.54, 1.807) is 24.9 Å². The van der Waals surface area contributed by atoms with Crippen molar-refractivity contribution in [3.8, 4) is 12.3 Å². The highest BCUT2D eigenvalue weighted by Crippen LogP contribution is 2.08. The molecule has 21 heavy (non-hydrogen) atoms. The van der Waals surface area contributed by atoms with E-state index in [1.165, 1.54) is 0 Å². The topological polar surface area (TPSA) is 80.1 Å². The van der Waals surface area contributed by atoms with Crippen LogP contribution >= 0.6 is 11.8 Å². The lowest BCUT2D eigenvalue weighted by Gasteiger charge is -2.13. The van der Waals surface area contributed by atoms with Crippen LogP contribution in [0.4, 0.5) is 0 Å². The monoisotopic (exact) mass is 306 g/mol. The number of terminal acetylenes is 1. The molecule has 1 rings (SSSR count). The third kappa shape index (κ3) is 7.84. The zero-order chi connectivity index (χ0) is 15.5. The van der Waals surface area contributed by atoms with Gasteiger partial charge >= 0.3 is 0 Å². The van der Waals surface area contributed by atoms with Gasteiger partial charge in [-0.05, 0) is 19.1 Å². The normalized spacial score (nSPS) is 12.3. The van der Waals surface area contributed by atoms with Crippen LogP contribution < -0.4 is 10.6 Å². The molecule has 1 aromatic rings. The molecule has 6 nitrogen and oxygen atoms in total. The molecule has 7 heteroatoms. The molecular formula is C14H18N4O2S. The van der Waals surface area contributed by atoms with Crippen molar-refractivity contribution in [2.45, 2.75) is 18.7 Å². The molecule has 1 unspecified atom stereocenters. The highest BCUT2D eigenvalue weighted by Gasteiger charge is 2.05. The van der Waals surface area contributed by atoms with Gasteiger partial charge in [-0.25, -0.2) is 0 Å². The van der Waals surface area contributed by atoms with Crippen molar-refractivity contribution in [1.82, 2.24) is 15.6 Å². The van der Waals surface area contributed by atoms with E-state index < -0.39 is 4.92 Å². The van der Waals surface area contributed by atoms with Gasteiger partial charge in [-0.2, -0.15) is 11.8 Å².